The number of benzene rings is 2. The SMILES string of the molecule is COC(=O)C1=C(Nc2ccccc2Sc2ccc(C)cc2C)C(=O)N(CCO)C1. The number of aliphatic hydroxyl groups is 1. The Labute approximate surface area is 174 Å². The van der Waals surface area contributed by atoms with E-state index in [1.807, 2.05) is 24.3 Å². The molecule has 1 aliphatic heterocycles. The second kappa shape index (κ2) is 9.15. The summed E-state index contributed by atoms with van der Waals surface area (Å²) in [6.07, 6.45) is 0. The molecule has 0 spiro atoms. The molecule has 7 heteroatoms. The van der Waals surface area contributed by atoms with Crippen LogP contribution in [0.25, 0.3) is 0 Å². The molecule has 0 unspecified atom stereocenters. The molecule has 2 N–H and O–H groups in total. The Hall–Kier alpha value is -2.77. The van der Waals surface area contributed by atoms with Crippen LogP contribution in [0.1, 0.15) is 11.1 Å². The molecule has 0 saturated heterocycles. The van der Waals surface area contributed by atoms with Crippen molar-refractivity contribution >= 4 is 29.3 Å². The molecule has 1 aliphatic rings. The summed E-state index contributed by atoms with van der Waals surface area (Å²) in [4.78, 5) is 28.4. The van der Waals surface area contributed by atoms with Gasteiger partial charge in [-0.05, 0) is 37.6 Å². The number of β-amino-alcohol motifs (C(OH)–C–C–N with tert-alkyl or cyclic N) is 1. The van der Waals surface area contributed by atoms with Crippen molar-refractivity contribution in [3.63, 3.8) is 0 Å². The predicted octanol–water partition coefficient (Wildman–Crippen LogP) is 3.13. The lowest BCUT2D eigenvalue weighted by atomic mass is 10.2. The van der Waals surface area contributed by atoms with E-state index in [0.29, 0.717) is 0 Å². The summed E-state index contributed by atoms with van der Waals surface area (Å²) in [5, 5.41) is 12.4. The van der Waals surface area contributed by atoms with Gasteiger partial charge in [-0.1, -0.05) is 41.6 Å². The standard InChI is InChI=1S/C22H24N2O4S/c1-14-8-9-18(15(2)12-14)29-19-7-5-4-6-17(19)23-20-16(22(27)28-3)13-24(10-11-25)21(20)26/h4-9,12,23,25H,10-11,13H2,1-3H3. The maximum atomic E-state index is 12.8. The lowest BCUT2D eigenvalue weighted by Gasteiger charge is -2.16. The summed E-state index contributed by atoms with van der Waals surface area (Å²) >= 11 is 1.59. The van der Waals surface area contributed by atoms with E-state index in [-0.39, 0.29) is 36.9 Å². The second-order valence-corrected chi connectivity index (χ2v) is 7.87. The quantitative estimate of drug-likeness (QED) is 0.681. The van der Waals surface area contributed by atoms with Crippen LogP contribution in [0.15, 0.2) is 63.5 Å². The largest absolute Gasteiger partial charge is 0.466 e. The molecular formula is C22H24N2O4S. The van der Waals surface area contributed by atoms with Gasteiger partial charge in [0.25, 0.3) is 5.91 Å². The average Bonchev–Trinajstić information content (AvgIpc) is 3.01. The molecular weight excluding hydrogens is 388 g/mol. The molecule has 6 nitrogen and oxygen atoms in total. The maximum absolute atomic E-state index is 12.8. The Morgan fingerprint density at radius 2 is 1.97 bits per heavy atom. The van der Waals surface area contributed by atoms with Crippen molar-refractivity contribution in [2.45, 2.75) is 23.6 Å². The second-order valence-electron chi connectivity index (χ2n) is 6.79. The molecule has 0 aromatic heterocycles. The number of aryl methyl sites for hydroxylation is 2. The van der Waals surface area contributed by atoms with E-state index >= 15 is 0 Å². The third kappa shape index (κ3) is 4.63. The number of ether oxygens (including phenoxy) is 1. The molecule has 3 rings (SSSR count). The number of aliphatic hydroxyl groups excluding tert-OH is 1. The van der Waals surface area contributed by atoms with E-state index in [0.717, 1.165) is 15.5 Å². The minimum atomic E-state index is -0.555. The van der Waals surface area contributed by atoms with Crippen LogP contribution in [0.2, 0.25) is 0 Å². The number of carbonyl (C=O) groups excluding carboxylic acids is 2. The van der Waals surface area contributed by atoms with E-state index in [2.05, 4.69) is 37.4 Å². The highest BCUT2D eigenvalue weighted by Crippen LogP contribution is 2.36. The first kappa shape index (κ1) is 21.0. The van der Waals surface area contributed by atoms with Crippen molar-refractivity contribution in [2.24, 2.45) is 0 Å². The fraction of sp³-hybridized carbons (Fsp3) is 0.273. The van der Waals surface area contributed by atoms with E-state index < -0.39 is 5.97 Å². The van der Waals surface area contributed by atoms with Gasteiger partial charge in [-0.3, -0.25) is 4.79 Å². The van der Waals surface area contributed by atoms with Gasteiger partial charge in [-0.25, -0.2) is 4.79 Å². The van der Waals surface area contributed by atoms with Crippen LogP contribution in [0.4, 0.5) is 5.69 Å². The zero-order chi connectivity index (χ0) is 21.0. The Bertz CT molecular complexity index is 971. The summed E-state index contributed by atoms with van der Waals surface area (Å²) in [6, 6.07) is 13.9. The van der Waals surface area contributed by atoms with Crippen molar-refractivity contribution in [2.75, 3.05) is 32.1 Å². The highest BCUT2D eigenvalue weighted by molar-refractivity contribution is 7.99. The molecule has 1 amide bonds. The number of hydrogen-bond donors (Lipinski definition) is 2. The molecule has 0 aliphatic carbocycles. The van der Waals surface area contributed by atoms with Gasteiger partial charge in [0.15, 0.2) is 0 Å². The van der Waals surface area contributed by atoms with Crippen LogP contribution in [0.5, 0.6) is 0 Å². The smallest absolute Gasteiger partial charge is 0.337 e. The van der Waals surface area contributed by atoms with Gasteiger partial charge in [-0.15, -0.1) is 0 Å². The first-order valence-electron chi connectivity index (χ1n) is 9.27. The molecule has 152 valence electrons. The number of rotatable bonds is 7. The van der Waals surface area contributed by atoms with Gasteiger partial charge in [0.2, 0.25) is 0 Å². The third-order valence-corrected chi connectivity index (χ3v) is 5.90. The number of methoxy groups -OCH3 is 1. The predicted molar refractivity (Wildman–Crippen MR) is 113 cm³/mol. The molecule has 2 aromatic carbocycles. The van der Waals surface area contributed by atoms with Gasteiger partial charge in [-0.2, -0.15) is 0 Å². The summed E-state index contributed by atoms with van der Waals surface area (Å²) in [7, 11) is 1.29. The highest BCUT2D eigenvalue weighted by atomic mass is 32.2. The average molecular weight is 413 g/mol. The van der Waals surface area contributed by atoms with Crippen LogP contribution < -0.4 is 5.32 Å². The van der Waals surface area contributed by atoms with Gasteiger partial charge in [0.05, 0.1) is 31.5 Å². The molecule has 2 aromatic rings. The third-order valence-electron chi connectivity index (χ3n) is 4.65. The van der Waals surface area contributed by atoms with E-state index in [4.69, 9.17) is 4.74 Å². The van der Waals surface area contributed by atoms with Crippen molar-refractivity contribution in [1.29, 1.82) is 0 Å². The Balaban J connectivity index is 1.92. The van der Waals surface area contributed by atoms with Crippen LogP contribution in [-0.2, 0) is 14.3 Å². The fourth-order valence-electron chi connectivity index (χ4n) is 3.17. The minimum Gasteiger partial charge on any atom is -0.466 e. The van der Waals surface area contributed by atoms with Crippen LogP contribution in [0.3, 0.4) is 0 Å². The lowest BCUT2D eigenvalue weighted by molar-refractivity contribution is -0.136. The van der Waals surface area contributed by atoms with E-state index in [1.165, 1.54) is 23.1 Å². The highest BCUT2D eigenvalue weighted by Gasteiger charge is 2.34. The van der Waals surface area contributed by atoms with Crippen molar-refractivity contribution in [3.05, 3.63) is 64.9 Å². The minimum absolute atomic E-state index is 0.112. The van der Waals surface area contributed by atoms with Crippen molar-refractivity contribution < 1.29 is 19.4 Å². The summed E-state index contributed by atoms with van der Waals surface area (Å²) in [5.41, 5.74) is 3.56. The lowest BCUT2D eigenvalue weighted by Crippen LogP contribution is -2.31. The summed E-state index contributed by atoms with van der Waals surface area (Å²) in [6.45, 7) is 4.22. The monoisotopic (exact) mass is 412 g/mol. The molecule has 0 saturated carbocycles. The van der Waals surface area contributed by atoms with Gasteiger partial charge >= 0.3 is 5.97 Å². The normalized spacial score (nSPS) is 13.8. The van der Waals surface area contributed by atoms with Crippen LogP contribution >= 0.6 is 11.8 Å². The topological polar surface area (TPSA) is 78.9 Å². The number of amides is 1. The van der Waals surface area contributed by atoms with Crippen LogP contribution in [-0.4, -0.2) is 48.7 Å². The Morgan fingerprint density at radius 1 is 1.21 bits per heavy atom. The van der Waals surface area contributed by atoms with Gasteiger partial charge < -0.3 is 20.1 Å². The first-order chi connectivity index (χ1) is 13.9. The maximum Gasteiger partial charge on any atom is 0.337 e. The fourth-order valence-corrected chi connectivity index (χ4v) is 4.14. The zero-order valence-corrected chi connectivity index (χ0v) is 17.5. The molecule has 0 fully saturated rings. The van der Waals surface area contributed by atoms with Crippen molar-refractivity contribution in [3.8, 4) is 0 Å². The summed E-state index contributed by atoms with van der Waals surface area (Å²) in [5.74, 6) is -0.883. The number of nitrogens with zero attached hydrogens (tertiary/aromatic N) is 1. The van der Waals surface area contributed by atoms with E-state index in [9.17, 15) is 14.7 Å². The summed E-state index contributed by atoms with van der Waals surface area (Å²) < 4.78 is 4.85. The van der Waals surface area contributed by atoms with Crippen molar-refractivity contribution in [1.82, 2.24) is 4.90 Å². The number of nitrogens with one attached hydrogen (secondary N) is 1. The zero-order valence-electron chi connectivity index (χ0n) is 16.7. The molecule has 0 atom stereocenters. The van der Waals surface area contributed by atoms with Gasteiger partial charge in [0, 0.05) is 16.3 Å². The Morgan fingerprint density at radius 3 is 2.66 bits per heavy atom. The molecule has 1 heterocycles. The number of anilines is 1. The number of carbonyl (C=O) groups is 2. The number of esters is 1. The van der Waals surface area contributed by atoms with Gasteiger partial charge in [0.1, 0.15) is 5.70 Å². The number of hydrogen-bond acceptors (Lipinski definition) is 6. The Kier molecular flexibility index (Phi) is 6.61. The van der Waals surface area contributed by atoms with E-state index in [1.54, 1.807) is 11.8 Å². The number of para-hydroxylation sites is 1. The molecule has 29 heavy (non-hydrogen) atoms. The molecule has 0 bridgehead atoms. The molecule has 0 radical (unpaired) electrons. The van der Waals surface area contributed by atoms with Crippen LogP contribution in [0, 0.1) is 13.8 Å². The first-order valence-corrected chi connectivity index (χ1v) is 10.1.